The van der Waals surface area contributed by atoms with Crippen LogP contribution in [-0.4, -0.2) is 0 Å². The maximum atomic E-state index is 2.75. The minimum Gasteiger partial charge on any atom is -0.0602 e. The lowest BCUT2D eigenvalue weighted by atomic mass is 9.45. The molecular weight excluding hydrogens is 336 g/mol. The maximum Gasteiger partial charge on any atom is -0.0266 e. The highest BCUT2D eigenvalue weighted by Crippen LogP contribution is 2.67. The van der Waals surface area contributed by atoms with Gasteiger partial charge in [-0.25, -0.2) is 0 Å². The second-order valence-electron chi connectivity index (χ2n) is 13.4. The molecule has 0 N–H and O–H groups in total. The molecule has 0 aromatic heterocycles. The summed E-state index contributed by atoms with van der Waals surface area (Å²) >= 11 is 0. The molecule has 162 valence electrons. The van der Waals surface area contributed by atoms with Gasteiger partial charge in [-0.05, 0) is 110 Å². The molecule has 28 heavy (non-hydrogen) atoms. The van der Waals surface area contributed by atoms with Gasteiger partial charge in [0.05, 0.1) is 0 Å². The van der Waals surface area contributed by atoms with Gasteiger partial charge in [-0.15, -0.1) is 0 Å². The molecule has 7 unspecified atom stereocenters. The minimum absolute atomic E-state index is 0.525. The van der Waals surface area contributed by atoms with Gasteiger partial charge < -0.3 is 0 Å². The van der Waals surface area contributed by atoms with E-state index in [1.807, 2.05) is 0 Å². The SMILES string of the molecule is CC(C)(C)CCCCCC1CCC2C3CCC4CCCCC4(C)C3CCC12C. The lowest BCUT2D eigenvalue weighted by Gasteiger charge is -2.60. The molecule has 0 spiro atoms. The Labute approximate surface area is 177 Å². The van der Waals surface area contributed by atoms with Crippen LogP contribution >= 0.6 is 0 Å². The van der Waals surface area contributed by atoms with E-state index in [9.17, 15) is 0 Å². The van der Waals surface area contributed by atoms with Crippen LogP contribution in [0.15, 0.2) is 0 Å². The largest absolute Gasteiger partial charge is 0.0602 e. The van der Waals surface area contributed by atoms with Crippen molar-refractivity contribution in [1.82, 2.24) is 0 Å². The highest BCUT2D eigenvalue weighted by molar-refractivity contribution is 5.08. The molecule has 4 aliphatic carbocycles. The van der Waals surface area contributed by atoms with Crippen molar-refractivity contribution >= 4 is 0 Å². The van der Waals surface area contributed by atoms with Gasteiger partial charge in [-0.2, -0.15) is 0 Å². The smallest absolute Gasteiger partial charge is 0.0266 e. The zero-order valence-corrected chi connectivity index (χ0v) is 20.0. The first kappa shape index (κ1) is 21.2. The van der Waals surface area contributed by atoms with Crippen molar-refractivity contribution in [3.63, 3.8) is 0 Å². The van der Waals surface area contributed by atoms with Crippen LogP contribution in [0.5, 0.6) is 0 Å². The fourth-order valence-electron chi connectivity index (χ4n) is 9.10. The van der Waals surface area contributed by atoms with Crippen LogP contribution in [0.2, 0.25) is 0 Å². The second kappa shape index (κ2) is 7.92. The Hall–Kier alpha value is 0. The predicted molar refractivity (Wildman–Crippen MR) is 122 cm³/mol. The van der Waals surface area contributed by atoms with E-state index in [0.717, 1.165) is 29.6 Å². The van der Waals surface area contributed by atoms with Crippen molar-refractivity contribution in [2.45, 2.75) is 131 Å². The van der Waals surface area contributed by atoms with Crippen LogP contribution in [-0.2, 0) is 0 Å². The molecule has 0 aromatic rings. The van der Waals surface area contributed by atoms with E-state index in [2.05, 4.69) is 34.6 Å². The fourth-order valence-corrected chi connectivity index (χ4v) is 9.10. The average molecular weight is 387 g/mol. The van der Waals surface area contributed by atoms with Crippen LogP contribution in [0, 0.1) is 45.8 Å². The Balaban J connectivity index is 1.36. The third kappa shape index (κ3) is 3.85. The van der Waals surface area contributed by atoms with Gasteiger partial charge in [0.2, 0.25) is 0 Å². The summed E-state index contributed by atoms with van der Waals surface area (Å²) in [7, 11) is 0. The quantitative estimate of drug-likeness (QED) is 0.413. The Morgan fingerprint density at radius 3 is 2.29 bits per heavy atom. The van der Waals surface area contributed by atoms with Crippen LogP contribution in [0.25, 0.3) is 0 Å². The summed E-state index contributed by atoms with van der Waals surface area (Å²) in [6.07, 6.45) is 22.9. The third-order valence-electron chi connectivity index (χ3n) is 10.8. The highest BCUT2D eigenvalue weighted by Gasteiger charge is 2.59. The Morgan fingerprint density at radius 1 is 0.714 bits per heavy atom. The summed E-state index contributed by atoms with van der Waals surface area (Å²) in [6, 6.07) is 0. The molecule has 0 bridgehead atoms. The van der Waals surface area contributed by atoms with Gasteiger partial charge in [0.25, 0.3) is 0 Å². The second-order valence-corrected chi connectivity index (χ2v) is 13.4. The molecule has 7 atom stereocenters. The molecule has 4 fully saturated rings. The maximum absolute atomic E-state index is 2.75. The lowest BCUT2D eigenvalue weighted by Crippen LogP contribution is -2.52. The number of hydrogen-bond acceptors (Lipinski definition) is 0. The van der Waals surface area contributed by atoms with E-state index < -0.39 is 0 Å². The van der Waals surface area contributed by atoms with Crippen molar-refractivity contribution in [3.05, 3.63) is 0 Å². The Morgan fingerprint density at radius 2 is 1.50 bits per heavy atom. The molecule has 0 nitrogen and oxygen atoms in total. The van der Waals surface area contributed by atoms with Crippen LogP contribution in [0.3, 0.4) is 0 Å². The molecule has 0 aromatic carbocycles. The molecule has 0 heteroatoms. The normalized spacial score (nSPS) is 46.0. The van der Waals surface area contributed by atoms with Gasteiger partial charge in [0.15, 0.2) is 0 Å². The monoisotopic (exact) mass is 386 g/mol. The molecule has 0 aliphatic heterocycles. The summed E-state index contributed by atoms with van der Waals surface area (Å²) in [6.45, 7) is 12.7. The number of unbranched alkanes of at least 4 members (excludes halogenated alkanes) is 2. The number of rotatable bonds is 5. The van der Waals surface area contributed by atoms with Crippen LogP contribution in [0.4, 0.5) is 0 Å². The summed E-state index contributed by atoms with van der Waals surface area (Å²) in [5.74, 6) is 5.36. The highest BCUT2D eigenvalue weighted by atomic mass is 14.6. The number of hydrogen-bond donors (Lipinski definition) is 0. The Kier molecular flexibility index (Phi) is 6.01. The molecule has 0 saturated heterocycles. The van der Waals surface area contributed by atoms with Crippen molar-refractivity contribution in [2.75, 3.05) is 0 Å². The van der Waals surface area contributed by atoms with Crippen molar-refractivity contribution in [2.24, 2.45) is 45.8 Å². The van der Waals surface area contributed by atoms with Crippen molar-refractivity contribution < 1.29 is 0 Å². The third-order valence-corrected chi connectivity index (χ3v) is 10.8. The molecule has 4 saturated carbocycles. The van der Waals surface area contributed by atoms with Crippen molar-refractivity contribution in [1.29, 1.82) is 0 Å². The van der Waals surface area contributed by atoms with E-state index >= 15 is 0 Å². The van der Waals surface area contributed by atoms with Gasteiger partial charge >= 0.3 is 0 Å². The first-order chi connectivity index (χ1) is 13.2. The number of fused-ring (bicyclic) bond motifs is 5. The molecule has 4 aliphatic rings. The molecule has 0 amide bonds. The summed E-state index contributed by atoms with van der Waals surface area (Å²) < 4.78 is 0. The van der Waals surface area contributed by atoms with E-state index in [1.165, 1.54) is 44.9 Å². The van der Waals surface area contributed by atoms with Gasteiger partial charge in [0, 0.05) is 0 Å². The first-order valence-corrected chi connectivity index (χ1v) is 13.2. The first-order valence-electron chi connectivity index (χ1n) is 13.2. The topological polar surface area (TPSA) is 0 Å². The van der Waals surface area contributed by atoms with Gasteiger partial charge in [-0.1, -0.05) is 66.7 Å². The van der Waals surface area contributed by atoms with Crippen molar-refractivity contribution in [3.8, 4) is 0 Å². The summed E-state index contributed by atoms with van der Waals surface area (Å²) in [5, 5.41) is 0. The molecule has 0 heterocycles. The summed E-state index contributed by atoms with van der Waals surface area (Å²) in [5.41, 5.74) is 1.94. The minimum atomic E-state index is 0.525. The fraction of sp³-hybridized carbons (Fsp3) is 1.00. The lowest BCUT2D eigenvalue weighted by molar-refractivity contribution is -0.111. The predicted octanol–water partition coefficient (Wildman–Crippen LogP) is 9.03. The van der Waals surface area contributed by atoms with Crippen LogP contribution < -0.4 is 0 Å². The average Bonchev–Trinajstić information content (AvgIpc) is 2.96. The van der Waals surface area contributed by atoms with Gasteiger partial charge in [0.1, 0.15) is 0 Å². The van der Waals surface area contributed by atoms with Crippen LogP contribution in [0.1, 0.15) is 131 Å². The van der Waals surface area contributed by atoms with E-state index in [4.69, 9.17) is 0 Å². The van der Waals surface area contributed by atoms with E-state index in [1.54, 1.807) is 51.4 Å². The zero-order chi connectivity index (χ0) is 20.0. The molecule has 0 radical (unpaired) electrons. The summed E-state index contributed by atoms with van der Waals surface area (Å²) in [4.78, 5) is 0. The molecule has 4 rings (SSSR count). The van der Waals surface area contributed by atoms with Gasteiger partial charge in [-0.3, -0.25) is 0 Å². The standard InChI is InChI=1S/C28H50/c1-26(2,3)18-9-6-7-11-22-14-16-24-23-15-13-21-12-8-10-19-27(21,4)25(23)17-20-28(22,24)5/h21-25H,6-20H2,1-5H3. The van der Waals surface area contributed by atoms with E-state index in [-0.39, 0.29) is 0 Å². The zero-order valence-electron chi connectivity index (χ0n) is 20.0. The molecular formula is C28H50. The Bertz CT molecular complexity index is 527. The van der Waals surface area contributed by atoms with E-state index in [0.29, 0.717) is 16.2 Å².